The second kappa shape index (κ2) is 2.94. The van der Waals surface area contributed by atoms with E-state index in [9.17, 15) is 4.79 Å². The Hall–Kier alpha value is -0.370. The SMILES string of the molecule is CC(=O)CCCC1OC1(C)C. The number of epoxide rings is 1. The molecule has 0 bridgehead atoms. The maximum atomic E-state index is 10.6. The first kappa shape index (κ1) is 8.72. The van der Waals surface area contributed by atoms with Crippen LogP contribution < -0.4 is 0 Å². The van der Waals surface area contributed by atoms with Gasteiger partial charge in [0.2, 0.25) is 0 Å². The fourth-order valence-corrected chi connectivity index (χ4v) is 1.28. The molecule has 11 heavy (non-hydrogen) atoms. The van der Waals surface area contributed by atoms with E-state index in [2.05, 4.69) is 13.8 Å². The van der Waals surface area contributed by atoms with E-state index in [4.69, 9.17) is 4.74 Å². The summed E-state index contributed by atoms with van der Waals surface area (Å²) in [5, 5.41) is 0. The second-order valence-electron chi connectivity index (χ2n) is 3.80. The highest BCUT2D eigenvalue weighted by atomic mass is 16.6. The van der Waals surface area contributed by atoms with Gasteiger partial charge in [-0.2, -0.15) is 0 Å². The molecule has 1 rings (SSSR count). The number of rotatable bonds is 4. The van der Waals surface area contributed by atoms with Gasteiger partial charge in [-0.25, -0.2) is 0 Å². The lowest BCUT2D eigenvalue weighted by Crippen LogP contribution is -2.03. The predicted octanol–water partition coefficient (Wildman–Crippen LogP) is 1.92. The molecule has 0 aromatic heterocycles. The Kier molecular flexibility index (Phi) is 2.33. The fourth-order valence-electron chi connectivity index (χ4n) is 1.28. The molecule has 1 fully saturated rings. The Labute approximate surface area is 67.9 Å². The van der Waals surface area contributed by atoms with Crippen LogP contribution in [-0.4, -0.2) is 17.5 Å². The third-order valence-electron chi connectivity index (χ3n) is 2.16. The van der Waals surface area contributed by atoms with Gasteiger partial charge in [0.15, 0.2) is 0 Å². The summed E-state index contributed by atoms with van der Waals surface area (Å²) in [7, 11) is 0. The van der Waals surface area contributed by atoms with Crippen molar-refractivity contribution < 1.29 is 9.53 Å². The monoisotopic (exact) mass is 156 g/mol. The van der Waals surface area contributed by atoms with Crippen molar-refractivity contribution in [3.63, 3.8) is 0 Å². The van der Waals surface area contributed by atoms with Crippen LogP contribution in [0.3, 0.4) is 0 Å². The summed E-state index contributed by atoms with van der Waals surface area (Å²) in [6.45, 7) is 5.82. The third-order valence-corrected chi connectivity index (χ3v) is 2.16. The Morgan fingerprint density at radius 2 is 2.09 bits per heavy atom. The number of ether oxygens (including phenoxy) is 1. The molecule has 1 atom stereocenters. The molecule has 0 radical (unpaired) electrons. The quantitative estimate of drug-likeness (QED) is 0.582. The molecule has 1 saturated heterocycles. The number of ketones is 1. The van der Waals surface area contributed by atoms with Crippen LogP contribution in [0.5, 0.6) is 0 Å². The van der Waals surface area contributed by atoms with Gasteiger partial charge in [0.25, 0.3) is 0 Å². The van der Waals surface area contributed by atoms with E-state index in [-0.39, 0.29) is 11.4 Å². The molecule has 1 unspecified atom stereocenters. The molecule has 0 aromatic rings. The first-order chi connectivity index (χ1) is 5.02. The lowest BCUT2D eigenvalue weighted by atomic mass is 10.0. The van der Waals surface area contributed by atoms with Crippen molar-refractivity contribution in [2.45, 2.75) is 51.7 Å². The first-order valence-corrected chi connectivity index (χ1v) is 4.19. The van der Waals surface area contributed by atoms with Crippen molar-refractivity contribution >= 4 is 5.78 Å². The summed E-state index contributed by atoms with van der Waals surface area (Å²) in [5.74, 6) is 0.281. The molecule has 0 saturated carbocycles. The summed E-state index contributed by atoms with van der Waals surface area (Å²) in [6.07, 6.45) is 3.12. The maximum Gasteiger partial charge on any atom is 0.129 e. The van der Waals surface area contributed by atoms with Crippen molar-refractivity contribution in [1.29, 1.82) is 0 Å². The molecular formula is C9H16O2. The summed E-state index contributed by atoms with van der Waals surface area (Å²) in [4.78, 5) is 10.6. The van der Waals surface area contributed by atoms with Gasteiger partial charge >= 0.3 is 0 Å². The number of carbonyl (C=O) groups excluding carboxylic acids is 1. The highest BCUT2D eigenvalue weighted by molar-refractivity contribution is 5.75. The van der Waals surface area contributed by atoms with Gasteiger partial charge in [-0.15, -0.1) is 0 Å². The van der Waals surface area contributed by atoms with Crippen LogP contribution in [0.1, 0.15) is 40.0 Å². The van der Waals surface area contributed by atoms with Gasteiger partial charge in [-0.3, -0.25) is 0 Å². The smallest absolute Gasteiger partial charge is 0.129 e. The van der Waals surface area contributed by atoms with Gasteiger partial charge < -0.3 is 9.53 Å². The topological polar surface area (TPSA) is 29.6 Å². The minimum Gasteiger partial charge on any atom is -0.367 e. The molecule has 2 nitrogen and oxygen atoms in total. The van der Waals surface area contributed by atoms with Crippen molar-refractivity contribution in [2.24, 2.45) is 0 Å². The van der Waals surface area contributed by atoms with E-state index in [0.29, 0.717) is 12.5 Å². The number of carbonyl (C=O) groups is 1. The fraction of sp³-hybridized carbons (Fsp3) is 0.889. The van der Waals surface area contributed by atoms with E-state index in [1.807, 2.05) is 0 Å². The van der Waals surface area contributed by atoms with Crippen molar-refractivity contribution in [2.75, 3.05) is 0 Å². The van der Waals surface area contributed by atoms with Gasteiger partial charge in [0, 0.05) is 6.42 Å². The Balaban J connectivity index is 2.02. The highest BCUT2D eigenvalue weighted by Crippen LogP contribution is 2.38. The van der Waals surface area contributed by atoms with E-state index in [0.717, 1.165) is 12.8 Å². The average molecular weight is 156 g/mol. The van der Waals surface area contributed by atoms with Crippen LogP contribution in [0, 0.1) is 0 Å². The Bertz CT molecular complexity index is 161. The normalized spacial score (nSPS) is 26.6. The summed E-state index contributed by atoms with van der Waals surface area (Å²) >= 11 is 0. The van der Waals surface area contributed by atoms with Crippen LogP contribution >= 0.6 is 0 Å². The second-order valence-corrected chi connectivity index (χ2v) is 3.80. The van der Waals surface area contributed by atoms with Crippen LogP contribution in [0.4, 0.5) is 0 Å². The van der Waals surface area contributed by atoms with Crippen molar-refractivity contribution in [3.05, 3.63) is 0 Å². The van der Waals surface area contributed by atoms with Crippen LogP contribution in [0.25, 0.3) is 0 Å². The van der Waals surface area contributed by atoms with Gasteiger partial charge in [0.05, 0.1) is 11.7 Å². The average Bonchev–Trinajstić information content (AvgIpc) is 2.39. The lowest BCUT2D eigenvalue weighted by molar-refractivity contribution is -0.117. The Morgan fingerprint density at radius 3 is 2.45 bits per heavy atom. The molecule has 0 spiro atoms. The molecule has 1 heterocycles. The lowest BCUT2D eigenvalue weighted by Gasteiger charge is -1.95. The molecule has 0 amide bonds. The molecule has 1 aliphatic rings. The third kappa shape index (κ3) is 2.62. The standard InChI is InChI=1S/C9H16O2/c1-7(10)5-4-6-8-9(2,3)11-8/h8H,4-6H2,1-3H3. The van der Waals surface area contributed by atoms with E-state index in [1.54, 1.807) is 6.92 Å². The maximum absolute atomic E-state index is 10.6. The minimum absolute atomic E-state index is 0.0940. The molecule has 1 aliphatic heterocycles. The van der Waals surface area contributed by atoms with Crippen molar-refractivity contribution in [1.82, 2.24) is 0 Å². The Morgan fingerprint density at radius 1 is 1.55 bits per heavy atom. The van der Waals surface area contributed by atoms with Crippen LogP contribution in [0.2, 0.25) is 0 Å². The molecule has 0 aliphatic carbocycles. The molecule has 0 N–H and O–H groups in total. The van der Waals surface area contributed by atoms with Gasteiger partial charge in [0.1, 0.15) is 5.78 Å². The molecular weight excluding hydrogens is 140 g/mol. The van der Waals surface area contributed by atoms with Crippen LogP contribution in [-0.2, 0) is 9.53 Å². The van der Waals surface area contributed by atoms with Crippen molar-refractivity contribution in [3.8, 4) is 0 Å². The predicted molar refractivity (Wildman–Crippen MR) is 43.5 cm³/mol. The molecule has 64 valence electrons. The van der Waals surface area contributed by atoms with Gasteiger partial charge in [-0.05, 0) is 33.6 Å². The molecule has 0 aromatic carbocycles. The zero-order valence-electron chi connectivity index (χ0n) is 7.52. The zero-order chi connectivity index (χ0) is 8.48. The van der Waals surface area contributed by atoms with Crippen LogP contribution in [0.15, 0.2) is 0 Å². The largest absolute Gasteiger partial charge is 0.367 e. The first-order valence-electron chi connectivity index (χ1n) is 4.19. The summed E-state index contributed by atoms with van der Waals surface area (Å²) in [6, 6.07) is 0. The summed E-state index contributed by atoms with van der Waals surface area (Å²) < 4.78 is 5.37. The van der Waals surface area contributed by atoms with Gasteiger partial charge in [-0.1, -0.05) is 0 Å². The van der Waals surface area contributed by atoms with E-state index >= 15 is 0 Å². The number of hydrogen-bond donors (Lipinski definition) is 0. The highest BCUT2D eigenvalue weighted by Gasteiger charge is 2.46. The van der Waals surface area contributed by atoms with E-state index in [1.165, 1.54) is 0 Å². The summed E-state index contributed by atoms with van der Waals surface area (Å²) in [5.41, 5.74) is 0.0940. The molecule has 2 heteroatoms. The number of hydrogen-bond acceptors (Lipinski definition) is 2. The minimum atomic E-state index is 0.0940. The number of Topliss-reactive ketones (excluding diaryl/α,β-unsaturated/α-hetero) is 1. The zero-order valence-corrected chi connectivity index (χ0v) is 7.52. The van der Waals surface area contributed by atoms with E-state index < -0.39 is 0 Å².